The van der Waals surface area contributed by atoms with E-state index in [1.54, 1.807) is 0 Å². The standard InChI is InChI=1S/C22H27ClN5O8P/c1-22(10-29,37(32,33)34)35-9-15-16(30)17(31)20(36-15)28-19-13(8-24-28)18(26-21(23)27-19)25-14-7-6-11-4-2-3-5-12(11)14/h2-5,8,14-17,20,29-31H,6-7,9-10H2,1H3,(H,25,26,27)(H2,32,33,34)/t14-,15-,16-,17-,20-,22?/m1/s1. The summed E-state index contributed by atoms with van der Waals surface area (Å²) in [5.74, 6) is 0.455. The molecular formula is C22H27ClN5O8P. The first-order chi connectivity index (χ1) is 17.5. The Morgan fingerprint density at radius 3 is 2.76 bits per heavy atom. The molecule has 1 aromatic carbocycles. The summed E-state index contributed by atoms with van der Waals surface area (Å²) in [7, 11) is -4.85. The van der Waals surface area contributed by atoms with Crippen LogP contribution in [-0.4, -0.2) is 81.7 Å². The zero-order chi connectivity index (χ0) is 26.5. The van der Waals surface area contributed by atoms with E-state index in [0.717, 1.165) is 19.8 Å². The SMILES string of the molecule is CC(CO)(OC[C@H]1O[C@@H](n2ncc3c(N[C@@H]4CCc5ccccc54)nc(Cl)nc32)[C@H](O)[C@@H]1O)P(=O)(O)O. The summed E-state index contributed by atoms with van der Waals surface area (Å²) in [6, 6.07) is 8.14. The van der Waals surface area contributed by atoms with Gasteiger partial charge >= 0.3 is 7.60 Å². The van der Waals surface area contributed by atoms with Gasteiger partial charge in [0.05, 0.1) is 30.8 Å². The third kappa shape index (κ3) is 4.76. The lowest BCUT2D eigenvalue weighted by atomic mass is 10.1. The molecule has 2 aromatic heterocycles. The summed E-state index contributed by atoms with van der Waals surface area (Å²) in [6.07, 6.45) is -2.04. The van der Waals surface area contributed by atoms with Crippen LogP contribution in [0.4, 0.5) is 5.82 Å². The first kappa shape index (κ1) is 26.4. The lowest BCUT2D eigenvalue weighted by Crippen LogP contribution is -2.39. The lowest BCUT2D eigenvalue weighted by Gasteiger charge is -2.29. The Morgan fingerprint density at radius 1 is 1.27 bits per heavy atom. The van der Waals surface area contributed by atoms with Crippen molar-refractivity contribution in [1.29, 1.82) is 0 Å². The first-order valence-electron chi connectivity index (χ1n) is 11.6. The van der Waals surface area contributed by atoms with Crippen LogP contribution < -0.4 is 5.32 Å². The number of nitrogens with zero attached hydrogens (tertiary/aromatic N) is 4. The average molecular weight is 556 g/mol. The third-order valence-corrected chi connectivity index (χ3v) is 8.59. The molecule has 3 aromatic rings. The van der Waals surface area contributed by atoms with E-state index in [1.807, 2.05) is 12.1 Å². The van der Waals surface area contributed by atoms with E-state index in [1.165, 1.54) is 22.0 Å². The minimum Gasteiger partial charge on any atom is -0.393 e. The molecule has 5 rings (SSSR count). The number of fused-ring (bicyclic) bond motifs is 2. The molecule has 1 saturated heterocycles. The molecule has 3 heterocycles. The fraction of sp³-hybridized carbons (Fsp3) is 0.500. The number of aromatic nitrogens is 4. The fourth-order valence-corrected chi connectivity index (χ4v) is 5.21. The van der Waals surface area contributed by atoms with Gasteiger partial charge in [0, 0.05) is 0 Å². The number of nitrogens with one attached hydrogen (secondary N) is 1. The van der Waals surface area contributed by atoms with Crippen LogP contribution in [0.5, 0.6) is 0 Å². The van der Waals surface area contributed by atoms with Gasteiger partial charge in [0.1, 0.15) is 24.1 Å². The number of ether oxygens (including phenoxy) is 2. The first-order valence-corrected chi connectivity index (χ1v) is 13.6. The van der Waals surface area contributed by atoms with Gasteiger partial charge in [0.25, 0.3) is 0 Å². The van der Waals surface area contributed by atoms with Gasteiger partial charge < -0.3 is 39.9 Å². The summed E-state index contributed by atoms with van der Waals surface area (Å²) < 4.78 is 24.0. The molecule has 0 saturated carbocycles. The topological polar surface area (TPSA) is 192 Å². The van der Waals surface area contributed by atoms with Crippen LogP contribution >= 0.6 is 19.2 Å². The van der Waals surface area contributed by atoms with Crippen molar-refractivity contribution in [2.24, 2.45) is 0 Å². The summed E-state index contributed by atoms with van der Waals surface area (Å²) >= 11 is 6.22. The number of hydrogen-bond acceptors (Lipinski definition) is 10. The number of aliphatic hydroxyl groups is 3. The molecule has 1 fully saturated rings. The highest BCUT2D eigenvalue weighted by atomic mass is 35.5. The van der Waals surface area contributed by atoms with Crippen molar-refractivity contribution in [3.8, 4) is 0 Å². The Bertz CT molecular complexity index is 1350. The van der Waals surface area contributed by atoms with Crippen molar-refractivity contribution >= 4 is 36.0 Å². The molecule has 1 unspecified atom stereocenters. The second-order valence-electron chi connectivity index (χ2n) is 9.34. The van der Waals surface area contributed by atoms with Crippen LogP contribution in [0, 0.1) is 0 Å². The summed E-state index contributed by atoms with van der Waals surface area (Å²) in [5, 5.41) is 36.6. The van der Waals surface area contributed by atoms with Crippen LogP contribution in [0.25, 0.3) is 11.0 Å². The van der Waals surface area contributed by atoms with Crippen LogP contribution in [-0.2, 0) is 20.5 Å². The molecular weight excluding hydrogens is 529 g/mol. The van der Waals surface area contributed by atoms with Crippen molar-refractivity contribution in [1.82, 2.24) is 19.7 Å². The molecule has 6 N–H and O–H groups in total. The minimum absolute atomic E-state index is 0.0141. The number of benzene rings is 1. The minimum atomic E-state index is -4.85. The maximum atomic E-state index is 11.7. The van der Waals surface area contributed by atoms with Crippen molar-refractivity contribution in [2.75, 3.05) is 18.5 Å². The Hall–Kier alpha value is -2.19. The second-order valence-corrected chi connectivity index (χ2v) is 11.7. The van der Waals surface area contributed by atoms with Crippen LogP contribution in [0.1, 0.15) is 36.7 Å². The number of aliphatic hydroxyl groups excluding tert-OH is 3. The number of rotatable bonds is 8. The van der Waals surface area contributed by atoms with Gasteiger partial charge in [-0.15, -0.1) is 0 Å². The molecule has 37 heavy (non-hydrogen) atoms. The second kappa shape index (κ2) is 9.84. The molecule has 1 aliphatic heterocycles. The molecule has 0 amide bonds. The number of aryl methyl sites for hydroxylation is 1. The van der Waals surface area contributed by atoms with Gasteiger partial charge in [-0.2, -0.15) is 15.1 Å². The monoisotopic (exact) mass is 555 g/mol. The van der Waals surface area contributed by atoms with Gasteiger partial charge in [-0.05, 0) is 42.5 Å². The molecule has 13 nitrogen and oxygen atoms in total. The van der Waals surface area contributed by atoms with E-state index in [4.69, 9.17) is 21.1 Å². The van der Waals surface area contributed by atoms with Crippen LogP contribution in [0.15, 0.2) is 30.5 Å². The van der Waals surface area contributed by atoms with Crippen molar-refractivity contribution in [3.05, 3.63) is 46.9 Å². The highest BCUT2D eigenvalue weighted by molar-refractivity contribution is 7.53. The number of halogens is 1. The fourth-order valence-electron chi connectivity index (χ4n) is 4.62. The van der Waals surface area contributed by atoms with Gasteiger partial charge in [-0.1, -0.05) is 24.3 Å². The normalized spacial score (nSPS) is 27.4. The van der Waals surface area contributed by atoms with Crippen molar-refractivity contribution < 1.29 is 39.1 Å². The van der Waals surface area contributed by atoms with E-state index in [9.17, 15) is 29.7 Å². The molecule has 1 aliphatic carbocycles. The molecule has 2 aliphatic rings. The molecule has 200 valence electrons. The molecule has 0 bridgehead atoms. The molecule has 0 spiro atoms. The highest BCUT2D eigenvalue weighted by Crippen LogP contribution is 2.51. The maximum absolute atomic E-state index is 11.7. The van der Waals surface area contributed by atoms with Crippen molar-refractivity contribution in [3.63, 3.8) is 0 Å². The molecule has 6 atom stereocenters. The Balaban J connectivity index is 1.39. The Morgan fingerprint density at radius 2 is 2.03 bits per heavy atom. The van der Waals surface area contributed by atoms with E-state index >= 15 is 0 Å². The van der Waals surface area contributed by atoms with E-state index in [2.05, 4.69) is 32.5 Å². The van der Waals surface area contributed by atoms with Gasteiger partial charge in [-0.3, -0.25) is 4.57 Å². The van der Waals surface area contributed by atoms with E-state index < -0.39 is 50.7 Å². The zero-order valence-electron chi connectivity index (χ0n) is 19.7. The smallest absolute Gasteiger partial charge is 0.359 e. The number of anilines is 1. The van der Waals surface area contributed by atoms with Gasteiger partial charge in [0.15, 0.2) is 17.2 Å². The van der Waals surface area contributed by atoms with Gasteiger partial charge in [0.2, 0.25) is 5.28 Å². The maximum Gasteiger partial charge on any atom is 0.359 e. The highest BCUT2D eigenvalue weighted by Gasteiger charge is 2.48. The predicted octanol–water partition coefficient (Wildman–Crippen LogP) is 1.10. The summed E-state index contributed by atoms with van der Waals surface area (Å²) in [6.45, 7) is -0.438. The summed E-state index contributed by atoms with van der Waals surface area (Å²) in [5.41, 5.74) is 2.68. The molecule has 15 heteroatoms. The third-order valence-electron chi connectivity index (χ3n) is 6.92. The average Bonchev–Trinajstić information content (AvgIpc) is 3.54. The van der Waals surface area contributed by atoms with E-state index in [-0.39, 0.29) is 17.0 Å². The van der Waals surface area contributed by atoms with Crippen molar-refractivity contribution in [2.45, 2.75) is 55.7 Å². The summed E-state index contributed by atoms with van der Waals surface area (Å²) in [4.78, 5) is 27.6. The Labute approximate surface area is 216 Å². The lowest BCUT2D eigenvalue weighted by molar-refractivity contribution is -0.104. The zero-order valence-corrected chi connectivity index (χ0v) is 21.3. The number of hydrogen-bond donors (Lipinski definition) is 6. The van der Waals surface area contributed by atoms with Gasteiger partial charge in [-0.25, -0.2) is 4.68 Å². The molecule has 0 radical (unpaired) electrons. The van der Waals surface area contributed by atoms with Crippen LogP contribution in [0.2, 0.25) is 5.28 Å². The predicted molar refractivity (Wildman–Crippen MR) is 131 cm³/mol. The largest absolute Gasteiger partial charge is 0.393 e. The van der Waals surface area contributed by atoms with E-state index in [0.29, 0.717) is 11.2 Å². The Kier molecular flexibility index (Phi) is 7.03. The quantitative estimate of drug-likeness (QED) is 0.171. The van der Waals surface area contributed by atoms with Crippen LogP contribution in [0.3, 0.4) is 0 Å².